The van der Waals surface area contributed by atoms with E-state index in [1.165, 1.54) is 0 Å². The number of carboxylic acids is 1. The summed E-state index contributed by atoms with van der Waals surface area (Å²) >= 11 is 6.46. The number of amides is 2. The third-order valence-electron chi connectivity index (χ3n) is 4.19. The summed E-state index contributed by atoms with van der Waals surface area (Å²) in [5, 5.41) is 11.3. The summed E-state index contributed by atoms with van der Waals surface area (Å²) in [5.41, 5.74) is 0.958. The van der Waals surface area contributed by atoms with Crippen LogP contribution in [0.15, 0.2) is 41.6 Å². The minimum absolute atomic E-state index is 0.0458. The minimum atomic E-state index is -1.50. The molecule has 10 heteroatoms. The number of β-lactam (4-membered cyclic amide) rings is 1. The van der Waals surface area contributed by atoms with Crippen molar-refractivity contribution in [1.29, 1.82) is 0 Å². The maximum absolute atomic E-state index is 12.5. The first-order valence-electron chi connectivity index (χ1n) is 7.57. The number of nitrogens with zero attached hydrogens (tertiary/aromatic N) is 1. The molecular weight excluding hydrogens is 492 g/mol. The number of halogens is 2. The number of benzene rings is 1. The lowest BCUT2D eigenvalue weighted by Crippen LogP contribution is -2.73. The summed E-state index contributed by atoms with van der Waals surface area (Å²) in [6.07, 6.45) is 0. The van der Waals surface area contributed by atoms with E-state index >= 15 is 0 Å². The molecule has 138 valence electrons. The molecule has 0 radical (unpaired) electrons. The van der Waals surface area contributed by atoms with E-state index in [-0.39, 0.29) is 16.8 Å². The second kappa shape index (κ2) is 7.61. The Morgan fingerprint density at radius 2 is 2.00 bits per heavy atom. The topological polar surface area (TPSA) is 104 Å². The van der Waals surface area contributed by atoms with E-state index < -0.39 is 44.8 Å². The minimum Gasteiger partial charge on any atom is -0.477 e. The van der Waals surface area contributed by atoms with Crippen LogP contribution < -0.4 is 5.32 Å². The van der Waals surface area contributed by atoms with E-state index in [0.717, 1.165) is 4.90 Å². The Bertz CT molecular complexity index is 829. The van der Waals surface area contributed by atoms with Crippen molar-refractivity contribution in [2.45, 2.75) is 16.2 Å². The molecule has 0 aromatic heterocycles. The molecule has 2 N–H and O–H groups in total. The molecule has 0 saturated carbocycles. The van der Waals surface area contributed by atoms with Gasteiger partial charge in [0.05, 0.1) is 16.6 Å². The molecule has 7 nitrogen and oxygen atoms in total. The Balaban J connectivity index is 1.79. The molecule has 0 bridgehead atoms. The molecule has 1 saturated heterocycles. The van der Waals surface area contributed by atoms with Gasteiger partial charge in [0.1, 0.15) is 21.9 Å². The predicted octanol–water partition coefficient (Wildman–Crippen LogP) is 1.27. The van der Waals surface area contributed by atoms with Crippen molar-refractivity contribution in [3.05, 3.63) is 47.2 Å². The molecule has 0 spiro atoms. The van der Waals surface area contributed by atoms with Gasteiger partial charge in [0, 0.05) is 5.33 Å². The van der Waals surface area contributed by atoms with Crippen molar-refractivity contribution in [2.75, 3.05) is 11.1 Å². The Kier molecular flexibility index (Phi) is 5.64. The summed E-state index contributed by atoms with van der Waals surface area (Å²) < 4.78 is 12.5. The lowest BCUT2D eigenvalue weighted by molar-refractivity contribution is -0.150. The zero-order valence-corrected chi connectivity index (χ0v) is 17.2. The van der Waals surface area contributed by atoms with E-state index in [1.54, 1.807) is 24.3 Å². The highest BCUT2D eigenvalue weighted by Crippen LogP contribution is 2.36. The first-order valence-corrected chi connectivity index (χ1v) is 11.0. The summed E-state index contributed by atoms with van der Waals surface area (Å²) in [5.74, 6) is -2.22. The number of carbonyl (C=O) groups is 3. The van der Waals surface area contributed by atoms with Crippen LogP contribution in [0.3, 0.4) is 0 Å². The molecule has 2 heterocycles. The molecule has 3 rings (SSSR count). The number of fused-ring (bicyclic) bond motifs is 1. The second-order valence-corrected chi connectivity index (χ2v) is 8.78. The largest absolute Gasteiger partial charge is 0.477 e. The van der Waals surface area contributed by atoms with E-state index in [0.29, 0.717) is 11.1 Å². The van der Waals surface area contributed by atoms with Crippen molar-refractivity contribution < 1.29 is 23.7 Å². The molecule has 4 atom stereocenters. The first-order chi connectivity index (χ1) is 12.4. The molecule has 2 aliphatic rings. The van der Waals surface area contributed by atoms with Gasteiger partial charge in [0.25, 0.3) is 5.91 Å². The third-order valence-corrected chi connectivity index (χ3v) is 7.46. The number of hydrogen-bond donors (Lipinski definition) is 2. The van der Waals surface area contributed by atoms with E-state index in [9.17, 15) is 23.7 Å². The molecule has 26 heavy (non-hydrogen) atoms. The fourth-order valence-corrected chi connectivity index (χ4v) is 5.80. The van der Waals surface area contributed by atoms with Crippen molar-refractivity contribution in [1.82, 2.24) is 10.2 Å². The predicted molar refractivity (Wildman–Crippen MR) is 102 cm³/mol. The Labute approximate surface area is 168 Å². The molecule has 2 amide bonds. The number of hydrogen-bond acceptors (Lipinski definition) is 4. The van der Waals surface area contributed by atoms with Crippen LogP contribution in [0.1, 0.15) is 10.4 Å². The van der Waals surface area contributed by atoms with Crippen LogP contribution in [-0.2, 0) is 25.2 Å². The van der Waals surface area contributed by atoms with Crippen molar-refractivity contribution in [3.8, 4) is 0 Å². The molecule has 0 aliphatic carbocycles. The van der Waals surface area contributed by atoms with Gasteiger partial charge >= 0.3 is 5.97 Å². The van der Waals surface area contributed by atoms with E-state index in [4.69, 9.17) is 0 Å². The summed E-state index contributed by atoms with van der Waals surface area (Å²) in [6.45, 7) is 0. The van der Waals surface area contributed by atoms with Gasteiger partial charge in [-0.05, 0) is 11.1 Å². The highest BCUT2D eigenvalue weighted by Gasteiger charge is 2.57. The lowest BCUT2D eigenvalue weighted by atomic mass is 10.0. The number of rotatable bonds is 5. The number of alkyl halides is 2. The zero-order chi connectivity index (χ0) is 19.0. The lowest BCUT2D eigenvalue weighted by Gasteiger charge is -2.49. The van der Waals surface area contributed by atoms with Gasteiger partial charge in [0.2, 0.25) is 5.91 Å². The number of nitrogens with one attached hydrogen (secondary N) is 1. The standard InChI is InChI=1S/C16H14Br2N2O5S/c17-6-9-7-26(25)15-11(14(22)20(15)12(9)16(23)24)19-13(21)10(18)8-4-2-1-3-5-8/h1-5,10-11,15H,6-7H2,(H,19,21)(H,23,24)/t10?,11-,15-,26?/m1/s1. The van der Waals surface area contributed by atoms with Gasteiger partial charge < -0.3 is 10.4 Å². The SMILES string of the molecule is O=C(O)C1=C(CBr)CS(=O)[C@@H]2[C@H](NC(=O)C(Br)c3ccccc3)C(=O)N12. The van der Waals surface area contributed by atoms with Gasteiger partial charge in [-0.1, -0.05) is 62.2 Å². The van der Waals surface area contributed by atoms with Crippen LogP contribution in [0.25, 0.3) is 0 Å². The van der Waals surface area contributed by atoms with Crippen LogP contribution in [-0.4, -0.2) is 54.5 Å². The summed E-state index contributed by atoms with van der Waals surface area (Å²) in [6, 6.07) is 7.92. The van der Waals surface area contributed by atoms with Gasteiger partial charge in [-0.25, -0.2) is 4.79 Å². The van der Waals surface area contributed by atoms with Crippen LogP contribution in [0.5, 0.6) is 0 Å². The van der Waals surface area contributed by atoms with Crippen LogP contribution in [0, 0.1) is 0 Å². The highest BCUT2D eigenvalue weighted by atomic mass is 79.9. The average Bonchev–Trinajstić information content (AvgIpc) is 2.64. The molecule has 1 aromatic rings. The maximum Gasteiger partial charge on any atom is 0.352 e. The Morgan fingerprint density at radius 3 is 2.58 bits per heavy atom. The van der Waals surface area contributed by atoms with Gasteiger partial charge in [-0.15, -0.1) is 0 Å². The number of carboxylic acid groups (broad SMARTS) is 1. The molecular formula is C16H14Br2N2O5S. The molecule has 2 aliphatic heterocycles. The van der Waals surface area contributed by atoms with Gasteiger partial charge in [-0.2, -0.15) is 0 Å². The van der Waals surface area contributed by atoms with E-state index in [1.807, 2.05) is 6.07 Å². The van der Waals surface area contributed by atoms with Gasteiger partial charge in [0.15, 0.2) is 0 Å². The van der Waals surface area contributed by atoms with Crippen molar-refractivity contribution >= 4 is 60.4 Å². The quantitative estimate of drug-likeness (QED) is 0.463. The van der Waals surface area contributed by atoms with Crippen molar-refractivity contribution in [2.24, 2.45) is 0 Å². The average molecular weight is 506 g/mol. The summed E-state index contributed by atoms with van der Waals surface area (Å²) in [4.78, 5) is 36.8. The summed E-state index contributed by atoms with van der Waals surface area (Å²) in [7, 11) is -1.50. The van der Waals surface area contributed by atoms with Crippen LogP contribution >= 0.6 is 31.9 Å². The fourth-order valence-electron chi connectivity index (χ4n) is 2.96. The van der Waals surface area contributed by atoms with Crippen molar-refractivity contribution in [3.63, 3.8) is 0 Å². The first kappa shape index (κ1) is 19.2. The van der Waals surface area contributed by atoms with Gasteiger partial charge in [-0.3, -0.25) is 18.7 Å². The second-order valence-electron chi connectivity index (χ2n) is 5.77. The highest BCUT2D eigenvalue weighted by molar-refractivity contribution is 9.09. The Morgan fingerprint density at radius 1 is 1.35 bits per heavy atom. The molecule has 1 fully saturated rings. The smallest absolute Gasteiger partial charge is 0.352 e. The number of carbonyl (C=O) groups excluding carboxylic acids is 2. The zero-order valence-electron chi connectivity index (χ0n) is 13.2. The Hall–Kier alpha value is -1.52. The monoisotopic (exact) mass is 504 g/mol. The molecule has 2 unspecified atom stereocenters. The third kappa shape index (κ3) is 3.25. The normalized spacial score (nSPS) is 26.0. The fraction of sp³-hybridized carbons (Fsp3) is 0.312. The molecule has 1 aromatic carbocycles. The number of aliphatic carboxylic acids is 1. The maximum atomic E-state index is 12.5. The van der Waals surface area contributed by atoms with Crippen LogP contribution in [0.4, 0.5) is 0 Å². The van der Waals surface area contributed by atoms with Crippen LogP contribution in [0.2, 0.25) is 0 Å². The van der Waals surface area contributed by atoms with E-state index in [2.05, 4.69) is 37.2 Å².